The van der Waals surface area contributed by atoms with Gasteiger partial charge in [-0.25, -0.2) is 9.98 Å². The Hall–Kier alpha value is -2.31. The lowest BCUT2D eigenvalue weighted by molar-refractivity contribution is -0.140. The van der Waals surface area contributed by atoms with Gasteiger partial charge < -0.3 is 5.32 Å². The van der Waals surface area contributed by atoms with Crippen molar-refractivity contribution in [1.82, 2.24) is 15.3 Å². The highest BCUT2D eigenvalue weighted by Gasteiger charge is 2.56. The molecule has 3 heterocycles. The van der Waals surface area contributed by atoms with Gasteiger partial charge in [0.2, 0.25) is 11.8 Å². The number of aromatic nitrogens is 2. The van der Waals surface area contributed by atoms with E-state index >= 15 is 0 Å². The van der Waals surface area contributed by atoms with Crippen LogP contribution >= 0.6 is 0 Å². The van der Waals surface area contributed by atoms with Crippen molar-refractivity contribution in [2.75, 3.05) is 11.4 Å². The smallest absolute Gasteiger partial charge is 0.250 e. The van der Waals surface area contributed by atoms with Gasteiger partial charge in [0.15, 0.2) is 0 Å². The summed E-state index contributed by atoms with van der Waals surface area (Å²) in [6, 6.07) is 0.114. The van der Waals surface area contributed by atoms with Crippen molar-refractivity contribution in [3.8, 4) is 0 Å². The molecule has 0 aromatic carbocycles. The second-order valence-electron chi connectivity index (χ2n) is 8.25. The molecular weight excluding hydrogens is 354 g/mol. The van der Waals surface area contributed by atoms with Crippen LogP contribution in [-0.4, -0.2) is 40.6 Å². The minimum Gasteiger partial charge on any atom is -0.355 e. The minimum atomic E-state index is -0.987. The summed E-state index contributed by atoms with van der Waals surface area (Å²) in [6.45, 7) is 4.83. The van der Waals surface area contributed by atoms with Crippen molar-refractivity contribution in [1.29, 1.82) is 0 Å². The van der Waals surface area contributed by atoms with Gasteiger partial charge in [-0.3, -0.25) is 14.5 Å². The van der Waals surface area contributed by atoms with E-state index in [0.717, 1.165) is 44.1 Å². The maximum absolute atomic E-state index is 13.5. The number of amides is 2. The van der Waals surface area contributed by atoms with Crippen molar-refractivity contribution in [2.45, 2.75) is 71.3 Å². The maximum atomic E-state index is 13.5. The monoisotopic (exact) mass is 383 g/mol. The van der Waals surface area contributed by atoms with E-state index in [0.29, 0.717) is 37.1 Å². The summed E-state index contributed by atoms with van der Waals surface area (Å²) in [7, 11) is 0. The van der Waals surface area contributed by atoms with Gasteiger partial charge in [0.05, 0.1) is 0 Å². The van der Waals surface area contributed by atoms with Gasteiger partial charge in [0.25, 0.3) is 5.95 Å². The first-order valence-electron chi connectivity index (χ1n) is 10.6. The Morgan fingerprint density at radius 1 is 1.32 bits per heavy atom. The van der Waals surface area contributed by atoms with Crippen LogP contribution in [0.25, 0.3) is 0 Å². The lowest BCUT2D eigenvalue weighted by Crippen LogP contribution is -2.56. The molecule has 1 atom stereocenters. The van der Waals surface area contributed by atoms with Crippen LogP contribution in [0.5, 0.6) is 0 Å². The highest BCUT2D eigenvalue weighted by atomic mass is 16.2. The van der Waals surface area contributed by atoms with Crippen molar-refractivity contribution in [3.05, 3.63) is 11.8 Å². The quantitative estimate of drug-likeness (QED) is 0.625. The second-order valence-corrected chi connectivity index (χ2v) is 8.25. The number of carbonyl (C=O) groups is 2. The molecule has 7 heteroatoms. The van der Waals surface area contributed by atoms with E-state index in [1.807, 2.05) is 11.1 Å². The molecule has 2 aliphatic heterocycles. The van der Waals surface area contributed by atoms with E-state index in [1.165, 1.54) is 0 Å². The van der Waals surface area contributed by atoms with E-state index < -0.39 is 5.41 Å². The lowest BCUT2D eigenvalue weighted by Gasteiger charge is -2.40. The van der Waals surface area contributed by atoms with Crippen molar-refractivity contribution in [2.24, 2.45) is 16.3 Å². The third-order valence-corrected chi connectivity index (χ3v) is 6.59. The fourth-order valence-electron chi connectivity index (χ4n) is 4.73. The first kappa shape index (κ1) is 19.0. The average molecular weight is 383 g/mol. The van der Waals surface area contributed by atoms with Crippen LogP contribution in [0.1, 0.15) is 64.4 Å². The Bertz CT molecular complexity index is 798. The summed E-state index contributed by atoms with van der Waals surface area (Å²) in [5.74, 6) is 1.22. The van der Waals surface area contributed by atoms with E-state index in [4.69, 9.17) is 0 Å². The van der Waals surface area contributed by atoms with E-state index in [-0.39, 0.29) is 17.9 Å². The predicted octanol–water partition coefficient (Wildman–Crippen LogP) is 2.95. The Morgan fingerprint density at radius 3 is 2.71 bits per heavy atom. The van der Waals surface area contributed by atoms with Gasteiger partial charge in [0, 0.05) is 37.0 Å². The first-order chi connectivity index (χ1) is 13.6. The van der Waals surface area contributed by atoms with Crippen molar-refractivity contribution in [3.63, 3.8) is 0 Å². The molecule has 0 unspecified atom stereocenters. The standard InChI is InChI=1S/C21H29N5O2/c1-3-14(4-2)12-23-20-24-13-15-11-21(9-10-22-18(21)27)19(28)26(17(15)25-20)16-7-5-6-8-16/h12-14,16H,3-11H2,1-2H3,(H,22,27)/t21-/m1/s1. The van der Waals surface area contributed by atoms with Gasteiger partial charge in [-0.05, 0) is 38.0 Å². The molecule has 1 aliphatic carbocycles. The normalized spacial score (nSPS) is 25.3. The number of nitrogens with zero attached hydrogens (tertiary/aromatic N) is 4. The van der Waals surface area contributed by atoms with Crippen LogP contribution < -0.4 is 10.2 Å². The number of hydrogen-bond acceptors (Lipinski definition) is 5. The molecule has 150 valence electrons. The van der Waals surface area contributed by atoms with Gasteiger partial charge >= 0.3 is 0 Å². The van der Waals surface area contributed by atoms with Gasteiger partial charge in [0.1, 0.15) is 11.2 Å². The number of anilines is 1. The van der Waals surface area contributed by atoms with Crippen LogP contribution in [0.3, 0.4) is 0 Å². The molecule has 2 fully saturated rings. The van der Waals surface area contributed by atoms with Crippen LogP contribution in [0, 0.1) is 11.3 Å². The van der Waals surface area contributed by atoms with Crippen LogP contribution in [0.2, 0.25) is 0 Å². The molecule has 1 aromatic heterocycles. The molecular formula is C21H29N5O2. The largest absolute Gasteiger partial charge is 0.355 e. The molecule has 0 radical (unpaired) electrons. The summed E-state index contributed by atoms with van der Waals surface area (Å²) in [6.07, 6.45) is 10.8. The molecule has 0 bridgehead atoms. The minimum absolute atomic E-state index is 0.0875. The summed E-state index contributed by atoms with van der Waals surface area (Å²) < 4.78 is 0. The Balaban J connectivity index is 1.73. The van der Waals surface area contributed by atoms with Crippen molar-refractivity contribution >= 4 is 29.8 Å². The summed E-state index contributed by atoms with van der Waals surface area (Å²) >= 11 is 0. The average Bonchev–Trinajstić information content (AvgIpc) is 3.35. The highest BCUT2D eigenvalue weighted by Crippen LogP contribution is 2.44. The SMILES string of the molecule is CCC(C=Nc1ncc2c(n1)N(C1CCCC1)C(=O)[C@]1(CCNC1=O)C2)CC. The van der Waals surface area contributed by atoms with Gasteiger partial charge in [-0.2, -0.15) is 4.98 Å². The molecule has 1 N–H and O–H groups in total. The van der Waals surface area contributed by atoms with E-state index in [9.17, 15) is 9.59 Å². The van der Waals surface area contributed by atoms with Gasteiger partial charge in [-0.1, -0.05) is 26.7 Å². The first-order valence-corrected chi connectivity index (χ1v) is 10.6. The molecule has 4 rings (SSSR count). The Morgan fingerprint density at radius 2 is 2.07 bits per heavy atom. The summed E-state index contributed by atoms with van der Waals surface area (Å²) in [4.78, 5) is 41.6. The van der Waals surface area contributed by atoms with E-state index in [1.54, 1.807) is 6.20 Å². The third-order valence-electron chi connectivity index (χ3n) is 6.59. The molecule has 1 spiro atoms. The molecule has 1 aromatic rings. The summed E-state index contributed by atoms with van der Waals surface area (Å²) in [5.41, 5.74) is -0.107. The Kier molecular flexibility index (Phi) is 5.17. The zero-order chi connectivity index (χ0) is 19.7. The summed E-state index contributed by atoms with van der Waals surface area (Å²) in [5, 5.41) is 2.86. The van der Waals surface area contributed by atoms with Crippen molar-refractivity contribution < 1.29 is 9.59 Å². The number of nitrogens with one attached hydrogen (secondary N) is 1. The predicted molar refractivity (Wildman–Crippen MR) is 108 cm³/mol. The zero-order valence-corrected chi connectivity index (χ0v) is 16.8. The van der Waals surface area contributed by atoms with Crippen LogP contribution in [-0.2, 0) is 16.0 Å². The lowest BCUT2D eigenvalue weighted by atomic mass is 9.76. The second kappa shape index (κ2) is 7.60. The third kappa shape index (κ3) is 3.10. The highest BCUT2D eigenvalue weighted by molar-refractivity contribution is 6.14. The van der Waals surface area contributed by atoms with E-state index in [2.05, 4.69) is 34.1 Å². The zero-order valence-electron chi connectivity index (χ0n) is 16.8. The van der Waals surface area contributed by atoms with Crippen LogP contribution in [0.15, 0.2) is 11.2 Å². The fraction of sp³-hybridized carbons (Fsp3) is 0.667. The fourth-order valence-corrected chi connectivity index (χ4v) is 4.73. The number of carbonyl (C=O) groups excluding carboxylic acids is 2. The number of fused-ring (bicyclic) bond motifs is 1. The molecule has 2 amide bonds. The Labute approximate surface area is 166 Å². The molecule has 7 nitrogen and oxygen atoms in total. The molecule has 28 heavy (non-hydrogen) atoms. The molecule has 3 aliphatic rings. The van der Waals surface area contributed by atoms with Gasteiger partial charge in [-0.15, -0.1) is 0 Å². The number of rotatable bonds is 5. The number of hydrogen-bond donors (Lipinski definition) is 1. The molecule has 1 saturated heterocycles. The maximum Gasteiger partial charge on any atom is 0.250 e. The topological polar surface area (TPSA) is 87.6 Å². The number of aliphatic imine (C=N–C) groups is 1. The molecule has 1 saturated carbocycles. The van der Waals surface area contributed by atoms with Crippen LogP contribution in [0.4, 0.5) is 11.8 Å².